The molecular formula is C30H36ClF3N4O6S. The van der Waals surface area contributed by atoms with Gasteiger partial charge in [-0.2, -0.15) is 17.5 Å². The van der Waals surface area contributed by atoms with E-state index in [1.807, 2.05) is 37.3 Å². The average molecular weight is 673 g/mol. The van der Waals surface area contributed by atoms with Gasteiger partial charge in [0.05, 0.1) is 10.6 Å². The number of nitrogens with one attached hydrogen (secondary N) is 2. The highest BCUT2D eigenvalue weighted by Crippen LogP contribution is 2.38. The van der Waals surface area contributed by atoms with Gasteiger partial charge in [0.2, 0.25) is 21.8 Å². The second-order valence-corrected chi connectivity index (χ2v) is 13.4. The fraction of sp³-hybridized carbons (Fsp3) is 0.500. The van der Waals surface area contributed by atoms with Crippen molar-refractivity contribution < 1.29 is 40.7 Å². The molecule has 2 aliphatic heterocycles. The summed E-state index contributed by atoms with van der Waals surface area (Å²) >= 11 is 5.97. The quantitative estimate of drug-likeness (QED) is 0.333. The van der Waals surface area contributed by atoms with Crippen LogP contribution in [0.3, 0.4) is 0 Å². The second kappa shape index (κ2) is 14.4. The molecule has 1 atom stereocenters. The van der Waals surface area contributed by atoms with E-state index in [2.05, 4.69) is 10.6 Å². The lowest BCUT2D eigenvalue weighted by atomic mass is 9.81. The minimum atomic E-state index is -4.68. The van der Waals surface area contributed by atoms with Crippen molar-refractivity contribution in [2.24, 2.45) is 0 Å². The molecule has 15 heteroatoms. The zero-order valence-corrected chi connectivity index (χ0v) is 26.3. The fourth-order valence-corrected chi connectivity index (χ4v) is 7.64. The van der Waals surface area contributed by atoms with Crippen LogP contribution in [-0.2, 0) is 37.1 Å². The molecule has 0 saturated carbocycles. The molecule has 0 bridgehead atoms. The third kappa shape index (κ3) is 7.90. The van der Waals surface area contributed by atoms with Crippen molar-refractivity contribution in [2.45, 2.75) is 74.7 Å². The number of nitrogens with zero attached hydrogens (tertiary/aromatic N) is 2. The molecule has 246 valence electrons. The number of alkyl carbamates (subject to hydrolysis) is 1. The van der Waals surface area contributed by atoms with Crippen molar-refractivity contribution in [2.75, 3.05) is 26.2 Å². The maximum absolute atomic E-state index is 13.6. The van der Waals surface area contributed by atoms with Crippen LogP contribution in [0.4, 0.5) is 18.0 Å². The van der Waals surface area contributed by atoms with Crippen molar-refractivity contribution >= 4 is 39.5 Å². The van der Waals surface area contributed by atoms with Crippen molar-refractivity contribution in [3.05, 3.63) is 64.7 Å². The first-order chi connectivity index (χ1) is 21.3. The van der Waals surface area contributed by atoms with Crippen LogP contribution >= 0.6 is 11.6 Å². The number of hydrogen-bond acceptors (Lipinski definition) is 6. The van der Waals surface area contributed by atoms with E-state index in [-0.39, 0.29) is 44.4 Å². The van der Waals surface area contributed by atoms with Gasteiger partial charge in [0.25, 0.3) is 0 Å². The van der Waals surface area contributed by atoms with Crippen LogP contribution in [0.15, 0.2) is 53.4 Å². The molecule has 0 unspecified atom stereocenters. The molecule has 2 fully saturated rings. The minimum Gasteiger partial charge on any atom is -0.445 e. The Bertz CT molecular complexity index is 1480. The van der Waals surface area contributed by atoms with Crippen LogP contribution in [-0.4, -0.2) is 73.3 Å². The molecule has 2 heterocycles. The fourth-order valence-electron chi connectivity index (χ4n) is 5.68. The summed E-state index contributed by atoms with van der Waals surface area (Å²) in [5, 5.41) is 4.95. The topological polar surface area (TPSA) is 125 Å². The molecule has 4 rings (SSSR count). The number of alkyl halides is 3. The molecule has 2 aromatic carbocycles. The molecule has 0 aliphatic carbocycles. The maximum atomic E-state index is 13.6. The number of amides is 3. The summed E-state index contributed by atoms with van der Waals surface area (Å²) in [6.07, 6.45) is -3.17. The smallest absolute Gasteiger partial charge is 0.416 e. The summed E-state index contributed by atoms with van der Waals surface area (Å²) in [4.78, 5) is 40.1. The predicted molar refractivity (Wildman–Crippen MR) is 160 cm³/mol. The number of carbonyl (C=O) groups excluding carboxylic acids is 3. The molecule has 10 nitrogen and oxygen atoms in total. The molecule has 1 spiro atoms. The summed E-state index contributed by atoms with van der Waals surface area (Å²) in [5.74, 6) is -0.624. The third-order valence-electron chi connectivity index (χ3n) is 8.08. The lowest BCUT2D eigenvalue weighted by molar-refractivity contribution is -0.160. The Morgan fingerprint density at radius 3 is 2.42 bits per heavy atom. The third-order valence-corrected chi connectivity index (χ3v) is 10.5. The van der Waals surface area contributed by atoms with Crippen LogP contribution in [0.1, 0.15) is 56.6 Å². The van der Waals surface area contributed by atoms with E-state index in [9.17, 15) is 36.0 Å². The summed E-state index contributed by atoms with van der Waals surface area (Å²) in [5.41, 5.74) is -1.45. The van der Waals surface area contributed by atoms with Crippen LogP contribution in [0.2, 0.25) is 5.02 Å². The molecule has 2 saturated heterocycles. The molecule has 0 aromatic heterocycles. The van der Waals surface area contributed by atoms with Crippen molar-refractivity contribution in [1.29, 1.82) is 0 Å². The van der Waals surface area contributed by atoms with Gasteiger partial charge in [-0.25, -0.2) is 13.2 Å². The van der Waals surface area contributed by atoms with Gasteiger partial charge in [-0.05, 0) is 62.3 Å². The summed E-state index contributed by atoms with van der Waals surface area (Å²) in [7, 11) is -4.26. The zero-order valence-electron chi connectivity index (χ0n) is 24.7. The van der Waals surface area contributed by atoms with Gasteiger partial charge in [0.1, 0.15) is 23.1 Å². The van der Waals surface area contributed by atoms with E-state index >= 15 is 0 Å². The maximum Gasteiger partial charge on any atom is 0.416 e. The number of benzene rings is 2. The van der Waals surface area contributed by atoms with Crippen molar-refractivity contribution in [3.63, 3.8) is 0 Å². The van der Waals surface area contributed by atoms with E-state index in [4.69, 9.17) is 16.3 Å². The Hall–Kier alpha value is -3.36. The van der Waals surface area contributed by atoms with Crippen LogP contribution < -0.4 is 10.6 Å². The van der Waals surface area contributed by atoms with Gasteiger partial charge < -0.3 is 20.3 Å². The Morgan fingerprint density at radius 1 is 1.11 bits per heavy atom. The number of carbonyl (C=O) groups is 3. The summed E-state index contributed by atoms with van der Waals surface area (Å²) in [6.45, 7) is 2.40. The normalized spacial score (nSPS) is 19.0. The van der Waals surface area contributed by atoms with Gasteiger partial charge in [0.15, 0.2) is 0 Å². The van der Waals surface area contributed by atoms with E-state index in [1.54, 1.807) is 4.90 Å². The predicted octanol–water partition coefficient (Wildman–Crippen LogP) is 4.72. The second-order valence-electron chi connectivity index (χ2n) is 11.1. The Morgan fingerprint density at radius 2 is 1.80 bits per heavy atom. The molecule has 2 aliphatic rings. The standard InChI is InChI=1S/C30H36ClF3N4O6S/c1-2-16-38-26(39)24(10-6-7-15-35-28(41)44-20-21-8-4-3-5-9-21)36-27(40)29(38)13-17-37(18-14-29)45(42,43)25-12-11-22(19-23(25)31)30(32,33)34/h3-5,8-9,11-12,19,24H,2,6-7,10,13-18,20H2,1H3,(H,35,41)(H,36,40)/t24-/m0/s1. The number of rotatable bonds is 11. The number of piperidine rings is 1. The van der Waals surface area contributed by atoms with Crippen molar-refractivity contribution in [1.82, 2.24) is 19.8 Å². The van der Waals surface area contributed by atoms with Crippen molar-refractivity contribution in [3.8, 4) is 0 Å². The van der Waals surface area contributed by atoms with Gasteiger partial charge in [-0.15, -0.1) is 0 Å². The van der Waals surface area contributed by atoms with Crippen LogP contribution in [0, 0.1) is 0 Å². The van der Waals surface area contributed by atoms with Gasteiger partial charge in [0, 0.05) is 26.2 Å². The Kier molecular flexibility index (Phi) is 11.0. The molecule has 2 aromatic rings. The van der Waals surface area contributed by atoms with E-state index in [0.29, 0.717) is 50.9 Å². The number of ether oxygens (including phenoxy) is 1. The molecular weight excluding hydrogens is 637 g/mol. The molecule has 2 N–H and O–H groups in total. The van der Waals surface area contributed by atoms with Gasteiger partial charge >= 0.3 is 12.3 Å². The first-order valence-corrected chi connectivity index (χ1v) is 16.6. The number of sulfonamides is 1. The van der Waals surface area contributed by atoms with E-state index in [0.717, 1.165) is 15.9 Å². The summed E-state index contributed by atoms with van der Waals surface area (Å²) in [6, 6.07) is 10.6. The highest BCUT2D eigenvalue weighted by Gasteiger charge is 2.54. The molecule has 0 radical (unpaired) electrons. The average Bonchev–Trinajstić information content (AvgIpc) is 3.00. The lowest BCUT2D eigenvalue weighted by Crippen LogP contribution is -2.73. The molecule has 45 heavy (non-hydrogen) atoms. The first-order valence-electron chi connectivity index (χ1n) is 14.7. The number of unbranched alkanes of at least 4 members (excludes halogenated alkanes) is 1. The Balaban J connectivity index is 1.32. The lowest BCUT2D eigenvalue weighted by Gasteiger charge is -2.51. The highest BCUT2D eigenvalue weighted by molar-refractivity contribution is 7.89. The number of piperazine rings is 1. The monoisotopic (exact) mass is 672 g/mol. The molecule has 3 amide bonds. The van der Waals surface area contributed by atoms with E-state index < -0.39 is 49.4 Å². The number of hydrogen-bond donors (Lipinski definition) is 2. The van der Waals surface area contributed by atoms with Crippen LogP contribution in [0.5, 0.6) is 0 Å². The van der Waals surface area contributed by atoms with Crippen LogP contribution in [0.25, 0.3) is 0 Å². The highest BCUT2D eigenvalue weighted by atomic mass is 35.5. The summed E-state index contributed by atoms with van der Waals surface area (Å²) < 4.78 is 72.0. The van der Waals surface area contributed by atoms with Gasteiger partial charge in [-0.1, -0.05) is 48.9 Å². The van der Waals surface area contributed by atoms with E-state index in [1.165, 1.54) is 0 Å². The minimum absolute atomic E-state index is 0.0176. The zero-order chi connectivity index (χ0) is 32.8. The van der Waals surface area contributed by atoms with Gasteiger partial charge in [-0.3, -0.25) is 9.59 Å². The first kappa shape index (κ1) is 34.5. The number of halogens is 4. The largest absolute Gasteiger partial charge is 0.445 e. The Labute approximate surface area is 265 Å². The SMILES string of the molecule is CCCN1C(=O)[C@H](CCCCNC(=O)OCc2ccccc2)NC(=O)C12CCN(S(=O)(=O)c1ccc(C(F)(F)F)cc1Cl)CC2.